The van der Waals surface area contributed by atoms with Crippen LogP contribution >= 0.6 is 11.6 Å². The monoisotopic (exact) mass is 329 g/mol. The predicted octanol–water partition coefficient (Wildman–Crippen LogP) is 2.73. The lowest BCUT2D eigenvalue weighted by molar-refractivity contribution is 0.00897. The van der Waals surface area contributed by atoms with Crippen LogP contribution in [-0.4, -0.2) is 49.3 Å². The maximum Gasteiger partial charge on any atom is 0.255 e. The first-order valence-electron chi connectivity index (χ1n) is 7.35. The number of methoxy groups -OCH3 is 1. The molecule has 1 heterocycles. The quantitative estimate of drug-likeness (QED) is 0.903. The van der Waals surface area contributed by atoms with Gasteiger partial charge in [0.25, 0.3) is 5.91 Å². The fourth-order valence-corrected chi connectivity index (χ4v) is 3.14. The second kappa shape index (κ2) is 7.40. The van der Waals surface area contributed by atoms with Gasteiger partial charge in [0.2, 0.25) is 0 Å². The van der Waals surface area contributed by atoms with Crippen molar-refractivity contribution in [1.82, 2.24) is 4.90 Å². The average molecular weight is 330 g/mol. The van der Waals surface area contributed by atoms with Crippen molar-refractivity contribution < 1.29 is 19.0 Å². The number of amides is 1. The number of benzene rings is 1. The minimum absolute atomic E-state index is 0.00295. The van der Waals surface area contributed by atoms with Gasteiger partial charge in [-0.15, -0.1) is 0 Å². The van der Waals surface area contributed by atoms with E-state index in [-0.39, 0.29) is 28.5 Å². The van der Waals surface area contributed by atoms with Crippen molar-refractivity contribution in [3.05, 3.63) is 34.6 Å². The number of rotatable bonds is 5. The topological polar surface area (TPSA) is 49.8 Å². The zero-order valence-corrected chi connectivity index (χ0v) is 13.4. The van der Waals surface area contributed by atoms with Gasteiger partial charge in [-0.2, -0.15) is 0 Å². The highest BCUT2D eigenvalue weighted by Gasteiger charge is 2.37. The Bertz CT molecular complexity index is 540. The Kier molecular flexibility index (Phi) is 5.78. The standard InChI is InChI=1S/C16H21ClFNO3/c1-22-8-6-16(11-20)5-2-7-19(10-16)15(21)13-9-12(18)3-4-14(13)17/h3-4,9,20H,2,5-8,10-11H2,1H3. The van der Waals surface area contributed by atoms with E-state index in [1.54, 1.807) is 12.0 Å². The molecule has 1 amide bonds. The molecule has 0 bridgehead atoms. The number of hydrogen-bond donors (Lipinski definition) is 1. The van der Waals surface area contributed by atoms with Gasteiger partial charge in [-0.3, -0.25) is 4.79 Å². The van der Waals surface area contributed by atoms with Crippen molar-refractivity contribution in [3.8, 4) is 0 Å². The Morgan fingerprint density at radius 3 is 3.00 bits per heavy atom. The van der Waals surface area contributed by atoms with Crippen molar-refractivity contribution in [2.45, 2.75) is 19.3 Å². The third kappa shape index (κ3) is 3.77. The van der Waals surface area contributed by atoms with Gasteiger partial charge in [0, 0.05) is 32.2 Å². The molecule has 1 aliphatic rings. The molecule has 0 aliphatic carbocycles. The first-order valence-corrected chi connectivity index (χ1v) is 7.73. The molecule has 0 radical (unpaired) electrons. The van der Waals surface area contributed by atoms with Crippen molar-refractivity contribution in [2.24, 2.45) is 5.41 Å². The van der Waals surface area contributed by atoms with Crippen LogP contribution in [0.3, 0.4) is 0 Å². The van der Waals surface area contributed by atoms with Crippen LogP contribution in [0.2, 0.25) is 5.02 Å². The third-order valence-corrected chi connectivity index (χ3v) is 4.61. The lowest BCUT2D eigenvalue weighted by Gasteiger charge is -2.42. The van der Waals surface area contributed by atoms with Crippen molar-refractivity contribution in [2.75, 3.05) is 33.4 Å². The number of nitrogens with zero attached hydrogens (tertiary/aromatic N) is 1. The van der Waals surface area contributed by atoms with E-state index in [0.29, 0.717) is 26.1 Å². The largest absolute Gasteiger partial charge is 0.396 e. The van der Waals surface area contributed by atoms with Crippen molar-refractivity contribution in [1.29, 1.82) is 0 Å². The Morgan fingerprint density at radius 1 is 1.55 bits per heavy atom. The minimum Gasteiger partial charge on any atom is -0.396 e. The molecule has 1 unspecified atom stereocenters. The SMILES string of the molecule is COCCC1(CO)CCCN(C(=O)c2cc(F)ccc2Cl)C1. The molecule has 1 N–H and O–H groups in total. The fourth-order valence-electron chi connectivity index (χ4n) is 2.94. The van der Waals surface area contributed by atoms with Crippen LogP contribution in [0, 0.1) is 11.2 Å². The summed E-state index contributed by atoms with van der Waals surface area (Å²) in [5.41, 5.74) is -0.189. The van der Waals surface area contributed by atoms with E-state index in [1.807, 2.05) is 0 Å². The van der Waals surface area contributed by atoms with Gasteiger partial charge >= 0.3 is 0 Å². The van der Waals surface area contributed by atoms with Crippen LogP contribution in [-0.2, 0) is 4.74 Å². The predicted molar refractivity (Wildman–Crippen MR) is 82.6 cm³/mol. The summed E-state index contributed by atoms with van der Waals surface area (Å²) in [5.74, 6) is -0.781. The number of carbonyl (C=O) groups excluding carboxylic acids is 1. The van der Waals surface area contributed by atoms with E-state index in [4.69, 9.17) is 16.3 Å². The van der Waals surface area contributed by atoms with E-state index in [1.165, 1.54) is 12.1 Å². The second-order valence-corrected chi connectivity index (χ2v) is 6.26. The first kappa shape index (κ1) is 17.2. The number of hydrogen-bond acceptors (Lipinski definition) is 3. The number of carbonyl (C=O) groups is 1. The summed E-state index contributed by atoms with van der Waals surface area (Å²) < 4.78 is 18.5. The molecule has 1 fully saturated rings. The Balaban J connectivity index is 2.17. The van der Waals surface area contributed by atoms with E-state index in [2.05, 4.69) is 0 Å². The number of halogens is 2. The molecule has 1 aliphatic heterocycles. The lowest BCUT2D eigenvalue weighted by Crippen LogP contribution is -2.48. The van der Waals surface area contributed by atoms with Crippen LogP contribution in [0.25, 0.3) is 0 Å². The van der Waals surface area contributed by atoms with Gasteiger partial charge in [-0.25, -0.2) is 4.39 Å². The summed E-state index contributed by atoms with van der Waals surface area (Å²) in [5, 5.41) is 10.00. The molecule has 1 saturated heterocycles. The van der Waals surface area contributed by atoms with Crippen LogP contribution < -0.4 is 0 Å². The van der Waals surface area contributed by atoms with Gasteiger partial charge in [0.15, 0.2) is 0 Å². The van der Waals surface area contributed by atoms with E-state index < -0.39 is 5.82 Å². The molecule has 0 aromatic heterocycles. The summed E-state index contributed by atoms with van der Waals surface area (Å²) in [6, 6.07) is 3.78. The number of piperidine rings is 1. The molecule has 1 aromatic carbocycles. The molecule has 0 saturated carbocycles. The van der Waals surface area contributed by atoms with Crippen molar-refractivity contribution in [3.63, 3.8) is 0 Å². The summed E-state index contributed by atoms with van der Waals surface area (Å²) in [6.07, 6.45) is 2.32. The van der Waals surface area contributed by atoms with E-state index in [0.717, 1.165) is 18.9 Å². The second-order valence-electron chi connectivity index (χ2n) is 5.86. The molecule has 1 aromatic rings. The first-order chi connectivity index (χ1) is 10.5. The molecule has 2 rings (SSSR count). The van der Waals surface area contributed by atoms with Gasteiger partial charge in [0.1, 0.15) is 5.82 Å². The van der Waals surface area contributed by atoms with Crippen LogP contribution in [0.4, 0.5) is 4.39 Å². The summed E-state index contributed by atoms with van der Waals surface area (Å²) in [4.78, 5) is 14.3. The number of aliphatic hydroxyl groups is 1. The summed E-state index contributed by atoms with van der Waals surface area (Å²) >= 11 is 6.02. The fraction of sp³-hybridized carbons (Fsp3) is 0.562. The summed E-state index contributed by atoms with van der Waals surface area (Å²) in [6.45, 7) is 1.54. The molecule has 0 spiro atoms. The lowest BCUT2D eigenvalue weighted by atomic mass is 9.78. The minimum atomic E-state index is -0.488. The summed E-state index contributed by atoms with van der Waals surface area (Å²) in [7, 11) is 1.61. The van der Waals surface area contributed by atoms with Gasteiger partial charge in [0.05, 0.1) is 17.2 Å². The highest BCUT2D eigenvalue weighted by Crippen LogP contribution is 2.34. The molecule has 4 nitrogen and oxygen atoms in total. The van der Waals surface area contributed by atoms with E-state index in [9.17, 15) is 14.3 Å². The number of ether oxygens (including phenoxy) is 1. The smallest absolute Gasteiger partial charge is 0.255 e. The normalized spacial score (nSPS) is 21.9. The zero-order valence-electron chi connectivity index (χ0n) is 12.6. The zero-order chi connectivity index (χ0) is 16.2. The highest BCUT2D eigenvalue weighted by atomic mass is 35.5. The van der Waals surface area contributed by atoms with Crippen LogP contribution in [0.1, 0.15) is 29.6 Å². The molecule has 6 heteroatoms. The highest BCUT2D eigenvalue weighted by molar-refractivity contribution is 6.33. The Labute approximate surface area is 134 Å². The van der Waals surface area contributed by atoms with Gasteiger partial charge < -0.3 is 14.7 Å². The third-order valence-electron chi connectivity index (χ3n) is 4.28. The maximum absolute atomic E-state index is 13.4. The Hall–Kier alpha value is -1.17. The molecule has 122 valence electrons. The Morgan fingerprint density at radius 2 is 2.32 bits per heavy atom. The molecule has 1 atom stereocenters. The molecular weight excluding hydrogens is 309 g/mol. The van der Waals surface area contributed by atoms with Crippen LogP contribution in [0.5, 0.6) is 0 Å². The van der Waals surface area contributed by atoms with E-state index >= 15 is 0 Å². The van der Waals surface area contributed by atoms with Gasteiger partial charge in [-0.1, -0.05) is 11.6 Å². The van der Waals surface area contributed by atoms with Gasteiger partial charge in [-0.05, 0) is 37.5 Å². The number of aliphatic hydroxyl groups excluding tert-OH is 1. The average Bonchev–Trinajstić information content (AvgIpc) is 2.54. The molecule has 22 heavy (non-hydrogen) atoms. The van der Waals surface area contributed by atoms with Crippen LogP contribution in [0.15, 0.2) is 18.2 Å². The molecular formula is C16H21ClFNO3. The maximum atomic E-state index is 13.4. The number of likely N-dealkylation sites (tertiary alicyclic amines) is 1. The van der Waals surface area contributed by atoms with Crippen molar-refractivity contribution >= 4 is 17.5 Å².